The minimum absolute atomic E-state index is 0.100. The van der Waals surface area contributed by atoms with Crippen molar-refractivity contribution in [3.63, 3.8) is 0 Å². The summed E-state index contributed by atoms with van der Waals surface area (Å²) < 4.78 is 33.8. The Kier molecular flexibility index (Phi) is 6.31. The van der Waals surface area contributed by atoms with Gasteiger partial charge < -0.3 is 23.9 Å². The van der Waals surface area contributed by atoms with E-state index in [0.29, 0.717) is 18.5 Å². The molecule has 0 atom stereocenters. The zero-order valence-corrected chi connectivity index (χ0v) is 21.5. The summed E-state index contributed by atoms with van der Waals surface area (Å²) in [5.41, 5.74) is 4.56. The van der Waals surface area contributed by atoms with Crippen molar-refractivity contribution in [2.75, 3.05) is 21.0 Å². The van der Waals surface area contributed by atoms with Crippen molar-refractivity contribution in [3.05, 3.63) is 47.5 Å². The number of ether oxygens (including phenoxy) is 3. The van der Waals surface area contributed by atoms with Gasteiger partial charge in [0, 0.05) is 29.8 Å². The number of hydrogen-bond acceptors (Lipinski definition) is 6. The third kappa shape index (κ3) is 3.94. The molecule has 4 aromatic rings. The van der Waals surface area contributed by atoms with E-state index in [0.717, 1.165) is 65.5 Å². The number of benzene rings is 1. The number of hydrogen-bond donors (Lipinski definition) is 2. The molecule has 0 aliphatic heterocycles. The number of nitrogens with zero attached hydrogens (tertiary/aromatic N) is 3. The third-order valence-corrected chi connectivity index (χ3v) is 8.30. The van der Waals surface area contributed by atoms with Crippen LogP contribution in [0.3, 0.4) is 0 Å². The summed E-state index contributed by atoms with van der Waals surface area (Å²) in [4.78, 5) is 16.7. The molecule has 2 N–H and O–H groups in total. The number of aromatic nitrogens is 4. The number of pyridine rings is 1. The summed E-state index contributed by atoms with van der Waals surface area (Å²) in [7, 11) is 3.06. The van der Waals surface area contributed by atoms with Gasteiger partial charge in [-0.05, 0) is 69.1 Å². The number of aliphatic carboxylic acids is 1. The van der Waals surface area contributed by atoms with Crippen LogP contribution in [0, 0.1) is 11.7 Å². The number of carboxylic acid groups (broad SMARTS) is 1. The Bertz CT molecular complexity index is 1500. The highest BCUT2D eigenvalue weighted by molar-refractivity contribution is 5.94. The maximum atomic E-state index is 14.5. The molecule has 0 spiro atoms. The van der Waals surface area contributed by atoms with Crippen LogP contribution >= 0.6 is 0 Å². The molecule has 0 radical (unpaired) electrons. The van der Waals surface area contributed by atoms with Crippen molar-refractivity contribution in [2.24, 2.45) is 5.92 Å². The second-order valence-corrected chi connectivity index (χ2v) is 10.4. The molecule has 3 heterocycles. The zero-order valence-electron chi connectivity index (χ0n) is 21.5. The van der Waals surface area contributed by atoms with Crippen molar-refractivity contribution < 1.29 is 28.5 Å². The molecule has 1 aromatic carbocycles. The molecule has 2 saturated carbocycles. The predicted octanol–water partition coefficient (Wildman–Crippen LogP) is 5.41. The van der Waals surface area contributed by atoms with E-state index in [1.165, 1.54) is 13.2 Å². The first-order chi connectivity index (χ1) is 18.5. The Balaban J connectivity index is 1.65. The zero-order chi connectivity index (χ0) is 26.4. The predicted molar refractivity (Wildman–Crippen MR) is 138 cm³/mol. The first kappa shape index (κ1) is 24.8. The Morgan fingerprint density at radius 3 is 2.66 bits per heavy atom. The van der Waals surface area contributed by atoms with Gasteiger partial charge in [-0.25, -0.2) is 9.37 Å². The van der Waals surface area contributed by atoms with Gasteiger partial charge in [0.1, 0.15) is 12.4 Å². The first-order valence-electron chi connectivity index (χ1n) is 13.0. The number of methoxy groups -OCH3 is 2. The van der Waals surface area contributed by atoms with Gasteiger partial charge in [-0.3, -0.25) is 9.89 Å². The van der Waals surface area contributed by atoms with Gasteiger partial charge in [0.25, 0.3) is 0 Å². The summed E-state index contributed by atoms with van der Waals surface area (Å²) >= 11 is 0. The van der Waals surface area contributed by atoms with E-state index >= 15 is 0 Å². The number of rotatable bonds is 8. The molecule has 0 unspecified atom stereocenters. The number of H-pyrrole nitrogens is 1. The maximum absolute atomic E-state index is 14.5. The molecule has 2 fully saturated rings. The molecule has 38 heavy (non-hydrogen) atoms. The fourth-order valence-corrected chi connectivity index (χ4v) is 6.23. The van der Waals surface area contributed by atoms with Crippen molar-refractivity contribution in [3.8, 4) is 11.4 Å². The average molecular weight is 523 g/mol. The highest BCUT2D eigenvalue weighted by Crippen LogP contribution is 2.53. The molecule has 0 amide bonds. The minimum Gasteiger partial charge on any atom is -0.494 e. The lowest BCUT2D eigenvalue weighted by Crippen LogP contribution is -2.41. The normalized spacial score (nSPS) is 21.0. The van der Waals surface area contributed by atoms with Gasteiger partial charge in [0.15, 0.2) is 17.2 Å². The highest BCUT2D eigenvalue weighted by atomic mass is 19.1. The summed E-state index contributed by atoms with van der Waals surface area (Å²) in [5, 5.41) is 17.6. The molecule has 0 bridgehead atoms. The summed E-state index contributed by atoms with van der Waals surface area (Å²) in [5.74, 6) is -1.26. The van der Waals surface area contributed by atoms with Crippen LogP contribution in [0.1, 0.15) is 62.1 Å². The van der Waals surface area contributed by atoms with Gasteiger partial charge in [0.2, 0.25) is 0 Å². The Labute approximate surface area is 218 Å². The van der Waals surface area contributed by atoms with Crippen molar-refractivity contribution in [1.82, 2.24) is 19.7 Å². The van der Waals surface area contributed by atoms with Crippen molar-refractivity contribution in [2.45, 2.75) is 56.5 Å². The third-order valence-electron chi connectivity index (χ3n) is 8.30. The molecule has 2 aliphatic carbocycles. The topological polar surface area (TPSA) is 111 Å². The Morgan fingerprint density at radius 2 is 2.00 bits per heavy atom. The first-order valence-corrected chi connectivity index (χ1v) is 13.0. The van der Waals surface area contributed by atoms with Gasteiger partial charge >= 0.3 is 5.97 Å². The van der Waals surface area contributed by atoms with E-state index in [9.17, 15) is 14.3 Å². The second-order valence-electron chi connectivity index (χ2n) is 10.4. The molecule has 200 valence electrons. The van der Waals surface area contributed by atoms with Gasteiger partial charge in [0.05, 0.1) is 36.0 Å². The highest BCUT2D eigenvalue weighted by Gasteiger charge is 2.47. The number of aromatic amines is 1. The summed E-state index contributed by atoms with van der Waals surface area (Å²) in [6, 6.07) is 6.91. The average Bonchev–Trinajstić information content (AvgIpc) is 3.49. The molecular formula is C28H31FN4O5. The number of nitrogens with one attached hydrogen (secondary N) is 1. The lowest BCUT2D eigenvalue weighted by atomic mass is 9.71. The van der Waals surface area contributed by atoms with Crippen LogP contribution in [0.4, 0.5) is 4.39 Å². The monoisotopic (exact) mass is 522 g/mol. The molecule has 3 aromatic heterocycles. The fraction of sp³-hybridized carbons (Fsp3) is 0.464. The molecule has 10 heteroatoms. The van der Waals surface area contributed by atoms with E-state index in [1.807, 2.05) is 0 Å². The fourth-order valence-electron chi connectivity index (χ4n) is 6.23. The summed E-state index contributed by atoms with van der Waals surface area (Å²) in [6.07, 6.45) is 7.04. The smallest absolute Gasteiger partial charge is 0.306 e. The van der Waals surface area contributed by atoms with Crippen molar-refractivity contribution >= 4 is 28.0 Å². The van der Waals surface area contributed by atoms with Crippen LogP contribution in [-0.4, -0.2) is 51.8 Å². The van der Waals surface area contributed by atoms with Crippen LogP contribution in [0.25, 0.3) is 27.8 Å². The number of halogens is 1. The SMILES string of the molecule is COCOC1(c2c(C3CCC(C(=O)O)CC3)c3nc4[nH]ncc4cc3n2-c2ccc(F)c(OC)c2)CCC1. The largest absolute Gasteiger partial charge is 0.494 e. The van der Waals surface area contributed by atoms with E-state index < -0.39 is 17.4 Å². The quantitative estimate of drug-likeness (QED) is 0.298. The van der Waals surface area contributed by atoms with Crippen LogP contribution in [0.5, 0.6) is 5.75 Å². The number of carboxylic acids is 1. The lowest BCUT2D eigenvalue weighted by Gasteiger charge is -2.43. The van der Waals surface area contributed by atoms with Crippen LogP contribution in [0.15, 0.2) is 30.5 Å². The van der Waals surface area contributed by atoms with E-state index in [1.54, 1.807) is 25.4 Å². The molecular weight excluding hydrogens is 491 g/mol. The van der Waals surface area contributed by atoms with Crippen LogP contribution in [0.2, 0.25) is 0 Å². The molecule has 9 nitrogen and oxygen atoms in total. The van der Waals surface area contributed by atoms with E-state index in [-0.39, 0.29) is 24.4 Å². The van der Waals surface area contributed by atoms with Crippen molar-refractivity contribution in [1.29, 1.82) is 0 Å². The van der Waals surface area contributed by atoms with Crippen LogP contribution in [-0.2, 0) is 19.9 Å². The lowest BCUT2D eigenvalue weighted by molar-refractivity contribution is -0.174. The maximum Gasteiger partial charge on any atom is 0.306 e. The Morgan fingerprint density at radius 1 is 1.21 bits per heavy atom. The second kappa shape index (κ2) is 9.67. The molecule has 6 rings (SSSR count). The summed E-state index contributed by atoms with van der Waals surface area (Å²) in [6.45, 7) is 0.137. The molecule has 0 saturated heterocycles. The van der Waals surface area contributed by atoms with Crippen LogP contribution < -0.4 is 4.74 Å². The van der Waals surface area contributed by atoms with Gasteiger partial charge in [-0.15, -0.1) is 0 Å². The Hall–Kier alpha value is -3.50. The molecule has 2 aliphatic rings. The standard InChI is InChI=1S/C28H31FN4O5/c1-36-15-38-28(10-3-11-28)25-23(16-4-6-17(7-5-16)27(34)35)24-21(12-18-14-30-32-26(18)31-24)33(25)19-8-9-20(29)22(13-19)37-2/h8-9,12-14,16-17H,3-7,10-11,15H2,1-2H3,(H,34,35)(H,30,31,32). The van der Waals surface area contributed by atoms with E-state index in [4.69, 9.17) is 19.2 Å². The van der Waals surface area contributed by atoms with Gasteiger partial charge in [-0.2, -0.15) is 5.10 Å². The number of fused-ring (bicyclic) bond motifs is 2. The minimum atomic E-state index is -0.735. The van der Waals surface area contributed by atoms with E-state index in [2.05, 4.69) is 20.8 Å². The van der Waals surface area contributed by atoms with Gasteiger partial charge in [-0.1, -0.05) is 0 Å². The number of carbonyl (C=O) groups is 1.